The van der Waals surface area contributed by atoms with E-state index in [0.29, 0.717) is 15.9 Å². The predicted molar refractivity (Wildman–Crippen MR) is 62.3 cm³/mol. The molecule has 0 aliphatic heterocycles. The molecule has 0 atom stereocenters. The molecule has 0 amide bonds. The number of aromatic nitrogens is 3. The van der Waals surface area contributed by atoms with Gasteiger partial charge in [0.2, 0.25) is 0 Å². The van der Waals surface area contributed by atoms with Gasteiger partial charge in [-0.1, -0.05) is 0 Å². The molecular formula is C10H11N3O2S. The molecule has 0 spiro atoms. The van der Waals surface area contributed by atoms with Crippen LogP contribution in [0.4, 0.5) is 0 Å². The number of fused-ring (bicyclic) bond motifs is 1. The highest BCUT2D eigenvalue weighted by Gasteiger charge is 2.11. The van der Waals surface area contributed by atoms with E-state index in [1.54, 1.807) is 6.07 Å². The molecule has 0 aliphatic carbocycles. The molecule has 2 rings (SSSR count). The van der Waals surface area contributed by atoms with Crippen molar-refractivity contribution >= 4 is 29.4 Å². The zero-order valence-electron chi connectivity index (χ0n) is 8.89. The SMILES string of the molecule is CC(C)n1c(=S)[nH]c2cc(C(=O)O)cnc21. The van der Waals surface area contributed by atoms with Crippen LogP contribution in [-0.2, 0) is 0 Å². The number of nitrogens with zero attached hydrogens (tertiary/aromatic N) is 2. The van der Waals surface area contributed by atoms with Crippen molar-refractivity contribution < 1.29 is 9.90 Å². The van der Waals surface area contributed by atoms with Crippen LogP contribution in [0.25, 0.3) is 11.2 Å². The fourth-order valence-electron chi connectivity index (χ4n) is 1.61. The van der Waals surface area contributed by atoms with Crippen molar-refractivity contribution in [2.75, 3.05) is 0 Å². The van der Waals surface area contributed by atoms with Gasteiger partial charge in [-0.2, -0.15) is 0 Å². The number of nitrogens with one attached hydrogen (secondary N) is 1. The van der Waals surface area contributed by atoms with Gasteiger partial charge in [-0.05, 0) is 32.1 Å². The first-order valence-electron chi connectivity index (χ1n) is 4.84. The lowest BCUT2D eigenvalue weighted by atomic mass is 10.3. The zero-order chi connectivity index (χ0) is 11.9. The molecule has 16 heavy (non-hydrogen) atoms. The average molecular weight is 237 g/mol. The van der Waals surface area contributed by atoms with Crippen molar-refractivity contribution in [3.63, 3.8) is 0 Å². The lowest BCUT2D eigenvalue weighted by molar-refractivity contribution is 0.0696. The molecule has 2 aromatic rings. The lowest BCUT2D eigenvalue weighted by Crippen LogP contribution is -2.02. The molecule has 0 aliphatic rings. The van der Waals surface area contributed by atoms with Crippen LogP contribution in [0.5, 0.6) is 0 Å². The minimum Gasteiger partial charge on any atom is -0.478 e. The van der Waals surface area contributed by atoms with Gasteiger partial charge in [-0.25, -0.2) is 9.78 Å². The summed E-state index contributed by atoms with van der Waals surface area (Å²) in [6.45, 7) is 3.99. The molecule has 5 nitrogen and oxygen atoms in total. The van der Waals surface area contributed by atoms with Crippen molar-refractivity contribution in [2.24, 2.45) is 0 Å². The third-order valence-electron chi connectivity index (χ3n) is 2.32. The number of hydrogen-bond acceptors (Lipinski definition) is 3. The molecule has 2 heterocycles. The van der Waals surface area contributed by atoms with Gasteiger partial charge in [0, 0.05) is 12.2 Å². The first kappa shape index (κ1) is 10.8. The van der Waals surface area contributed by atoms with Gasteiger partial charge in [-0.3, -0.25) is 4.57 Å². The molecule has 2 N–H and O–H groups in total. The van der Waals surface area contributed by atoms with Gasteiger partial charge in [-0.15, -0.1) is 0 Å². The first-order valence-corrected chi connectivity index (χ1v) is 5.25. The van der Waals surface area contributed by atoms with Crippen LogP contribution in [0.1, 0.15) is 30.2 Å². The van der Waals surface area contributed by atoms with E-state index in [0.717, 1.165) is 0 Å². The van der Waals surface area contributed by atoms with E-state index in [-0.39, 0.29) is 11.6 Å². The molecule has 2 aromatic heterocycles. The lowest BCUT2D eigenvalue weighted by Gasteiger charge is -2.06. The molecule has 0 radical (unpaired) electrons. The fraction of sp³-hybridized carbons (Fsp3) is 0.300. The van der Waals surface area contributed by atoms with E-state index in [1.807, 2.05) is 18.4 Å². The number of imidazole rings is 1. The number of rotatable bonds is 2. The molecule has 0 saturated heterocycles. The zero-order valence-corrected chi connectivity index (χ0v) is 9.71. The summed E-state index contributed by atoms with van der Waals surface area (Å²) < 4.78 is 2.41. The third-order valence-corrected chi connectivity index (χ3v) is 2.62. The number of carboxylic acid groups (broad SMARTS) is 1. The number of aromatic amines is 1. The van der Waals surface area contributed by atoms with E-state index in [2.05, 4.69) is 9.97 Å². The molecule has 84 valence electrons. The molecule has 0 aromatic carbocycles. The molecule has 0 saturated carbocycles. The van der Waals surface area contributed by atoms with Crippen LogP contribution < -0.4 is 0 Å². The van der Waals surface area contributed by atoms with E-state index in [9.17, 15) is 4.79 Å². The topological polar surface area (TPSA) is 70.9 Å². The van der Waals surface area contributed by atoms with E-state index >= 15 is 0 Å². The highest BCUT2D eigenvalue weighted by atomic mass is 32.1. The summed E-state index contributed by atoms with van der Waals surface area (Å²) in [6, 6.07) is 1.73. The van der Waals surface area contributed by atoms with Gasteiger partial charge >= 0.3 is 5.97 Å². The number of aromatic carboxylic acids is 1. The summed E-state index contributed by atoms with van der Waals surface area (Å²) in [5.41, 5.74) is 1.49. The maximum Gasteiger partial charge on any atom is 0.337 e. The highest BCUT2D eigenvalue weighted by molar-refractivity contribution is 7.71. The second-order valence-electron chi connectivity index (χ2n) is 3.79. The average Bonchev–Trinajstić information content (AvgIpc) is 2.51. The van der Waals surface area contributed by atoms with Crippen LogP contribution >= 0.6 is 12.2 Å². The monoisotopic (exact) mass is 237 g/mol. The smallest absolute Gasteiger partial charge is 0.337 e. The fourth-order valence-corrected chi connectivity index (χ4v) is 2.02. The Morgan fingerprint density at radius 3 is 2.88 bits per heavy atom. The molecule has 0 unspecified atom stereocenters. The normalized spacial score (nSPS) is 11.2. The van der Waals surface area contributed by atoms with Crippen LogP contribution in [0.2, 0.25) is 0 Å². The summed E-state index contributed by atoms with van der Waals surface area (Å²) in [7, 11) is 0. The van der Waals surface area contributed by atoms with Crippen LogP contribution in [-0.4, -0.2) is 25.6 Å². The largest absolute Gasteiger partial charge is 0.478 e. The van der Waals surface area contributed by atoms with Crippen molar-refractivity contribution in [3.05, 3.63) is 22.6 Å². The maximum atomic E-state index is 10.8. The predicted octanol–water partition coefficient (Wildman–Crippen LogP) is 2.37. The minimum atomic E-state index is -0.994. The number of pyridine rings is 1. The van der Waals surface area contributed by atoms with E-state index in [1.165, 1.54) is 6.20 Å². The standard InChI is InChI=1S/C10H11N3O2S/c1-5(2)13-8-7(12-10(13)16)3-6(4-11-8)9(14)15/h3-5H,1-2H3,(H,12,16)(H,14,15). The Morgan fingerprint density at radius 1 is 1.62 bits per heavy atom. The minimum absolute atomic E-state index is 0.152. The summed E-state index contributed by atoms with van der Waals surface area (Å²) in [5, 5.41) is 8.84. The number of hydrogen-bond donors (Lipinski definition) is 2. The Balaban J connectivity index is 2.75. The quantitative estimate of drug-likeness (QED) is 0.787. The van der Waals surface area contributed by atoms with Crippen LogP contribution in [0, 0.1) is 4.77 Å². The third kappa shape index (κ3) is 1.61. The Kier molecular flexibility index (Phi) is 2.51. The van der Waals surface area contributed by atoms with Gasteiger partial charge in [0.1, 0.15) is 0 Å². The summed E-state index contributed by atoms with van der Waals surface area (Å²) in [5.74, 6) is -0.994. The van der Waals surface area contributed by atoms with E-state index < -0.39 is 5.97 Å². The van der Waals surface area contributed by atoms with Crippen LogP contribution in [0.15, 0.2) is 12.3 Å². The maximum absolute atomic E-state index is 10.8. The van der Waals surface area contributed by atoms with Gasteiger partial charge < -0.3 is 10.1 Å². The van der Waals surface area contributed by atoms with Crippen molar-refractivity contribution in [2.45, 2.75) is 19.9 Å². The summed E-state index contributed by atoms with van der Waals surface area (Å²) >= 11 is 5.16. The number of carbonyl (C=O) groups is 1. The number of H-pyrrole nitrogens is 1. The second kappa shape index (κ2) is 3.71. The summed E-state index contributed by atoms with van der Waals surface area (Å²) in [6.07, 6.45) is 1.34. The molecule has 0 bridgehead atoms. The Morgan fingerprint density at radius 2 is 2.31 bits per heavy atom. The Bertz CT molecular complexity index is 612. The molecule has 0 fully saturated rings. The Labute approximate surface area is 96.7 Å². The van der Waals surface area contributed by atoms with Gasteiger partial charge in [0.25, 0.3) is 0 Å². The van der Waals surface area contributed by atoms with Crippen molar-refractivity contribution in [1.82, 2.24) is 14.5 Å². The second-order valence-corrected chi connectivity index (χ2v) is 4.18. The van der Waals surface area contributed by atoms with Crippen molar-refractivity contribution in [3.8, 4) is 0 Å². The highest BCUT2D eigenvalue weighted by Crippen LogP contribution is 2.17. The molecular weight excluding hydrogens is 226 g/mol. The van der Waals surface area contributed by atoms with Gasteiger partial charge in [0.15, 0.2) is 10.4 Å². The number of carboxylic acids is 1. The van der Waals surface area contributed by atoms with Crippen molar-refractivity contribution in [1.29, 1.82) is 0 Å². The van der Waals surface area contributed by atoms with Crippen LogP contribution in [0.3, 0.4) is 0 Å². The Hall–Kier alpha value is -1.69. The van der Waals surface area contributed by atoms with E-state index in [4.69, 9.17) is 17.3 Å². The first-order chi connectivity index (χ1) is 7.50. The summed E-state index contributed by atoms with van der Waals surface area (Å²) in [4.78, 5) is 17.9. The van der Waals surface area contributed by atoms with Gasteiger partial charge in [0.05, 0.1) is 11.1 Å². The molecule has 6 heteroatoms.